The van der Waals surface area contributed by atoms with E-state index in [2.05, 4.69) is 0 Å². The Morgan fingerprint density at radius 2 is 1.65 bits per heavy atom. The summed E-state index contributed by atoms with van der Waals surface area (Å²) in [6.45, 7) is 2.46. The lowest BCUT2D eigenvalue weighted by Gasteiger charge is -2.44. The second-order valence-electron chi connectivity index (χ2n) is 11.0. The van der Waals surface area contributed by atoms with E-state index in [0.717, 1.165) is 16.4 Å². The standard InChI is InChI=1S/C26H33F6N3O5S3/c1-18(2)14-34(42(37,38)17-25(27,28)29)16-21-15-33(43(39,40)23-7-5-4-6-22(23)41)12-13-35(21)20-10-8-19(9-11-20)24(3,36)26(30,31)32/h4-5,7-11,18,21,36H,6,12-17H2,1-3H3/t21-,24-/m1/s1. The van der Waals surface area contributed by atoms with Gasteiger partial charge in [-0.05, 0) is 36.6 Å². The summed E-state index contributed by atoms with van der Waals surface area (Å²) in [6, 6.07) is 3.55. The number of nitrogens with zero attached hydrogens (tertiary/aromatic N) is 3. The third kappa shape index (κ3) is 8.36. The molecule has 3 rings (SSSR count). The topological polar surface area (TPSA) is 98.2 Å². The summed E-state index contributed by atoms with van der Waals surface area (Å²) >= 11 is 5.23. The van der Waals surface area contributed by atoms with Gasteiger partial charge < -0.3 is 10.0 Å². The minimum Gasteiger partial charge on any atom is -0.376 e. The number of anilines is 1. The molecule has 0 radical (unpaired) electrons. The van der Waals surface area contributed by atoms with Crippen molar-refractivity contribution < 1.29 is 48.3 Å². The number of thiocarbonyl (C=S) groups is 1. The number of aliphatic hydroxyl groups is 1. The van der Waals surface area contributed by atoms with Gasteiger partial charge in [-0.1, -0.05) is 50.4 Å². The highest BCUT2D eigenvalue weighted by molar-refractivity contribution is 7.96. The largest absolute Gasteiger partial charge is 0.421 e. The molecule has 8 nitrogen and oxygen atoms in total. The second-order valence-corrected chi connectivity index (χ2v) is 15.4. The van der Waals surface area contributed by atoms with Crippen LogP contribution < -0.4 is 4.90 Å². The monoisotopic (exact) mass is 677 g/mol. The molecule has 17 heteroatoms. The van der Waals surface area contributed by atoms with E-state index >= 15 is 0 Å². The Kier molecular flexibility index (Phi) is 10.5. The number of sulfonamides is 2. The second kappa shape index (κ2) is 12.7. The Morgan fingerprint density at radius 1 is 1.05 bits per heavy atom. The molecule has 0 spiro atoms. The van der Waals surface area contributed by atoms with Crippen LogP contribution >= 0.6 is 12.2 Å². The van der Waals surface area contributed by atoms with E-state index in [0.29, 0.717) is 11.2 Å². The van der Waals surface area contributed by atoms with Crippen LogP contribution in [0.25, 0.3) is 0 Å². The molecule has 1 heterocycles. The highest BCUT2D eigenvalue weighted by atomic mass is 32.2. The van der Waals surface area contributed by atoms with Gasteiger partial charge in [-0.25, -0.2) is 16.8 Å². The van der Waals surface area contributed by atoms with Crippen LogP contribution in [0.15, 0.2) is 47.4 Å². The molecule has 1 aromatic rings. The number of hydrogen-bond acceptors (Lipinski definition) is 7. The van der Waals surface area contributed by atoms with E-state index in [9.17, 15) is 48.3 Å². The fourth-order valence-corrected chi connectivity index (χ4v) is 8.41. The number of halogens is 6. The molecule has 0 aromatic heterocycles. The predicted octanol–water partition coefficient (Wildman–Crippen LogP) is 4.34. The fraction of sp³-hybridized carbons (Fsp3) is 0.577. The van der Waals surface area contributed by atoms with Crippen LogP contribution in [-0.4, -0.2) is 92.3 Å². The number of alkyl halides is 6. The Labute approximate surface area is 252 Å². The number of rotatable bonds is 10. The summed E-state index contributed by atoms with van der Waals surface area (Å²) in [6.07, 6.45) is -5.25. The van der Waals surface area contributed by atoms with Gasteiger partial charge in [-0.2, -0.15) is 35.0 Å². The molecular formula is C26H33F6N3O5S3. The van der Waals surface area contributed by atoms with Crippen molar-refractivity contribution in [1.29, 1.82) is 0 Å². The number of piperazine rings is 1. The molecule has 0 amide bonds. The van der Waals surface area contributed by atoms with Crippen LogP contribution in [0, 0.1) is 5.92 Å². The third-order valence-corrected chi connectivity index (χ3v) is 11.3. The Balaban J connectivity index is 2.03. The molecule has 1 fully saturated rings. The first-order valence-corrected chi connectivity index (χ1v) is 16.6. The molecule has 1 aliphatic heterocycles. The van der Waals surface area contributed by atoms with Crippen LogP contribution in [-0.2, 0) is 25.6 Å². The first-order chi connectivity index (χ1) is 19.6. The quantitative estimate of drug-likeness (QED) is 0.291. The predicted molar refractivity (Wildman–Crippen MR) is 154 cm³/mol. The summed E-state index contributed by atoms with van der Waals surface area (Å²) in [5.74, 6) is -2.50. The van der Waals surface area contributed by atoms with Crippen molar-refractivity contribution in [2.45, 2.75) is 51.2 Å². The first-order valence-electron chi connectivity index (χ1n) is 13.2. The van der Waals surface area contributed by atoms with Crippen LogP contribution in [0.5, 0.6) is 0 Å². The summed E-state index contributed by atoms with van der Waals surface area (Å²) in [4.78, 5) is 1.60. The molecule has 242 valence electrons. The Morgan fingerprint density at radius 3 is 2.16 bits per heavy atom. The van der Waals surface area contributed by atoms with Gasteiger partial charge >= 0.3 is 12.4 Å². The van der Waals surface area contributed by atoms with Crippen LogP contribution in [0.1, 0.15) is 32.8 Å². The lowest BCUT2D eigenvalue weighted by Crippen LogP contribution is -2.59. The van der Waals surface area contributed by atoms with Gasteiger partial charge in [0, 0.05) is 49.7 Å². The van der Waals surface area contributed by atoms with E-state index in [1.807, 2.05) is 0 Å². The van der Waals surface area contributed by atoms with Crippen LogP contribution in [0.4, 0.5) is 32.0 Å². The smallest absolute Gasteiger partial charge is 0.376 e. The molecule has 43 heavy (non-hydrogen) atoms. The summed E-state index contributed by atoms with van der Waals surface area (Å²) in [5, 5.41) is 10.0. The van der Waals surface area contributed by atoms with Crippen LogP contribution in [0.3, 0.4) is 0 Å². The maximum Gasteiger partial charge on any atom is 0.421 e. The minimum absolute atomic E-state index is 0.0658. The Hall–Kier alpha value is -2.05. The Bertz CT molecular complexity index is 1450. The number of allylic oxidation sites excluding steroid dienone is 4. The zero-order valence-electron chi connectivity index (χ0n) is 23.6. The molecule has 0 unspecified atom stereocenters. The summed E-state index contributed by atoms with van der Waals surface area (Å²) < 4.78 is 134. The summed E-state index contributed by atoms with van der Waals surface area (Å²) in [7, 11) is -9.06. The van der Waals surface area contributed by atoms with Crippen molar-refractivity contribution in [2.75, 3.05) is 43.4 Å². The van der Waals surface area contributed by atoms with Gasteiger partial charge in [0.1, 0.15) is 0 Å². The SMILES string of the molecule is CC(C)CN(C[C@H]1CN(S(=O)(=O)C2=CC=CCC2=S)CCN1c1ccc([C@@](C)(O)C(F)(F)F)cc1)S(=O)(=O)CC(F)(F)F. The van der Waals surface area contributed by atoms with Gasteiger partial charge in [-0.3, -0.25) is 0 Å². The van der Waals surface area contributed by atoms with E-state index < -0.39 is 61.9 Å². The van der Waals surface area contributed by atoms with Crippen LogP contribution in [0.2, 0.25) is 0 Å². The van der Waals surface area contributed by atoms with E-state index in [1.54, 1.807) is 24.8 Å². The molecule has 1 aliphatic carbocycles. The zero-order chi connectivity index (χ0) is 32.6. The van der Waals surface area contributed by atoms with Gasteiger partial charge in [0.2, 0.25) is 20.0 Å². The molecule has 2 atom stereocenters. The van der Waals surface area contributed by atoms with E-state index in [-0.39, 0.29) is 54.0 Å². The molecule has 1 saturated heterocycles. The maximum atomic E-state index is 13.5. The van der Waals surface area contributed by atoms with Crippen molar-refractivity contribution in [3.63, 3.8) is 0 Å². The van der Waals surface area contributed by atoms with Gasteiger partial charge in [0.05, 0.1) is 10.9 Å². The molecular weight excluding hydrogens is 644 g/mol. The molecule has 0 bridgehead atoms. The summed E-state index contributed by atoms with van der Waals surface area (Å²) in [5.41, 5.74) is -3.38. The fourth-order valence-electron chi connectivity index (χ4n) is 4.82. The average molecular weight is 678 g/mol. The normalized spacial score (nSPS) is 20.9. The lowest BCUT2D eigenvalue weighted by molar-refractivity contribution is -0.258. The van der Waals surface area contributed by atoms with Crippen molar-refractivity contribution in [2.24, 2.45) is 5.92 Å². The van der Waals surface area contributed by atoms with Gasteiger partial charge in [-0.15, -0.1) is 0 Å². The molecule has 0 saturated carbocycles. The van der Waals surface area contributed by atoms with E-state index in [1.165, 1.54) is 24.3 Å². The van der Waals surface area contributed by atoms with Crippen molar-refractivity contribution >= 4 is 42.8 Å². The van der Waals surface area contributed by atoms with Gasteiger partial charge in [0.25, 0.3) is 0 Å². The first kappa shape index (κ1) is 35.4. The van der Waals surface area contributed by atoms with Crippen molar-refractivity contribution in [3.8, 4) is 0 Å². The number of hydrogen-bond donors (Lipinski definition) is 1. The maximum absolute atomic E-state index is 13.5. The molecule has 1 N–H and O–H groups in total. The minimum atomic E-state index is -5.03. The lowest BCUT2D eigenvalue weighted by atomic mass is 9.95. The highest BCUT2D eigenvalue weighted by Crippen LogP contribution is 2.39. The third-order valence-electron chi connectivity index (χ3n) is 7.06. The zero-order valence-corrected chi connectivity index (χ0v) is 26.0. The number of benzene rings is 1. The van der Waals surface area contributed by atoms with Crippen molar-refractivity contribution in [3.05, 3.63) is 53.0 Å². The highest BCUT2D eigenvalue weighted by Gasteiger charge is 2.51. The molecule has 1 aromatic carbocycles. The molecule has 2 aliphatic rings. The average Bonchev–Trinajstić information content (AvgIpc) is 2.86. The van der Waals surface area contributed by atoms with Gasteiger partial charge in [0.15, 0.2) is 11.4 Å². The van der Waals surface area contributed by atoms with Crippen molar-refractivity contribution in [1.82, 2.24) is 8.61 Å². The van der Waals surface area contributed by atoms with E-state index in [4.69, 9.17) is 12.2 Å².